The molecule has 1 atom stereocenters. The predicted molar refractivity (Wildman–Crippen MR) is 72.7 cm³/mol. The summed E-state index contributed by atoms with van der Waals surface area (Å²) in [6.45, 7) is 4.03. The van der Waals surface area contributed by atoms with Gasteiger partial charge in [0.05, 0.1) is 19.8 Å². The third-order valence-electron chi connectivity index (χ3n) is 3.49. The first-order valence-electron chi connectivity index (χ1n) is 6.77. The lowest BCUT2D eigenvalue weighted by Crippen LogP contribution is -2.21. The lowest BCUT2D eigenvalue weighted by Gasteiger charge is -2.23. The molecule has 1 N–H and O–H groups in total. The molecule has 1 heterocycles. The Hall–Kier alpha value is -1.26. The molecule has 1 aromatic carbocycles. The minimum atomic E-state index is -0.546. The van der Waals surface area contributed by atoms with Crippen LogP contribution >= 0.6 is 0 Å². The Morgan fingerprint density at radius 3 is 2.74 bits per heavy atom. The molecule has 1 aromatic rings. The fraction of sp³-hybridized carbons (Fsp3) is 0.600. The zero-order chi connectivity index (χ0) is 13.7. The Morgan fingerprint density at radius 1 is 1.37 bits per heavy atom. The Labute approximate surface area is 114 Å². The summed E-state index contributed by atoms with van der Waals surface area (Å²) in [6.07, 6.45) is 1.53. The molecule has 1 aliphatic heterocycles. The molecule has 4 nitrogen and oxygen atoms in total. The zero-order valence-electron chi connectivity index (χ0n) is 11.6. The first-order valence-corrected chi connectivity index (χ1v) is 6.77. The van der Waals surface area contributed by atoms with Crippen molar-refractivity contribution in [1.29, 1.82) is 0 Å². The van der Waals surface area contributed by atoms with Crippen molar-refractivity contribution in [2.24, 2.45) is 5.92 Å². The van der Waals surface area contributed by atoms with E-state index < -0.39 is 6.10 Å². The van der Waals surface area contributed by atoms with Crippen LogP contribution in [0.25, 0.3) is 0 Å². The van der Waals surface area contributed by atoms with E-state index in [1.807, 2.05) is 18.2 Å². The zero-order valence-corrected chi connectivity index (χ0v) is 11.6. The standard InChI is InChI=1S/C15H22O4/c1-11(16)14-4-3-13(17-2)9-15(14)19-10-12-5-7-18-8-6-12/h3-4,9,11-12,16H,5-8,10H2,1-2H3. The van der Waals surface area contributed by atoms with Gasteiger partial charge in [0.1, 0.15) is 11.5 Å². The first kappa shape index (κ1) is 14.2. The maximum absolute atomic E-state index is 9.76. The van der Waals surface area contributed by atoms with Crippen LogP contribution in [0.1, 0.15) is 31.4 Å². The van der Waals surface area contributed by atoms with Crippen LogP contribution in [0.4, 0.5) is 0 Å². The molecular weight excluding hydrogens is 244 g/mol. The molecule has 0 saturated carbocycles. The molecule has 4 heteroatoms. The van der Waals surface area contributed by atoms with Gasteiger partial charge in [-0.3, -0.25) is 0 Å². The largest absolute Gasteiger partial charge is 0.497 e. The second-order valence-corrected chi connectivity index (χ2v) is 4.95. The van der Waals surface area contributed by atoms with Crippen LogP contribution in [0, 0.1) is 5.92 Å². The molecule has 1 unspecified atom stereocenters. The van der Waals surface area contributed by atoms with Crippen molar-refractivity contribution < 1.29 is 19.3 Å². The second-order valence-electron chi connectivity index (χ2n) is 4.95. The monoisotopic (exact) mass is 266 g/mol. The number of hydrogen-bond acceptors (Lipinski definition) is 4. The summed E-state index contributed by atoms with van der Waals surface area (Å²) in [7, 11) is 1.62. The lowest BCUT2D eigenvalue weighted by atomic mass is 10.0. The summed E-state index contributed by atoms with van der Waals surface area (Å²) >= 11 is 0. The maximum atomic E-state index is 9.76. The van der Waals surface area contributed by atoms with Gasteiger partial charge in [0.15, 0.2) is 0 Å². The van der Waals surface area contributed by atoms with E-state index in [2.05, 4.69) is 0 Å². The van der Waals surface area contributed by atoms with Crippen molar-refractivity contribution in [2.75, 3.05) is 26.9 Å². The van der Waals surface area contributed by atoms with Crippen LogP contribution in [0.2, 0.25) is 0 Å². The predicted octanol–water partition coefficient (Wildman–Crippen LogP) is 2.55. The summed E-state index contributed by atoms with van der Waals surface area (Å²) in [5.74, 6) is 1.98. The quantitative estimate of drug-likeness (QED) is 0.889. The summed E-state index contributed by atoms with van der Waals surface area (Å²) in [5.41, 5.74) is 0.799. The number of benzene rings is 1. The summed E-state index contributed by atoms with van der Waals surface area (Å²) < 4.78 is 16.4. The second kappa shape index (κ2) is 6.78. The van der Waals surface area contributed by atoms with Crippen molar-refractivity contribution in [3.05, 3.63) is 23.8 Å². The Bertz CT molecular complexity index is 397. The first-order chi connectivity index (χ1) is 9.20. The number of methoxy groups -OCH3 is 1. The van der Waals surface area contributed by atoms with Crippen molar-refractivity contribution >= 4 is 0 Å². The van der Waals surface area contributed by atoms with Crippen molar-refractivity contribution in [2.45, 2.75) is 25.9 Å². The van der Waals surface area contributed by atoms with Crippen LogP contribution in [0.5, 0.6) is 11.5 Å². The number of rotatable bonds is 5. The van der Waals surface area contributed by atoms with E-state index in [-0.39, 0.29) is 0 Å². The number of aliphatic hydroxyl groups is 1. The Balaban J connectivity index is 2.03. The van der Waals surface area contributed by atoms with Crippen LogP contribution in [-0.2, 0) is 4.74 Å². The van der Waals surface area contributed by atoms with Crippen molar-refractivity contribution in [1.82, 2.24) is 0 Å². The van der Waals surface area contributed by atoms with E-state index in [1.54, 1.807) is 14.0 Å². The van der Waals surface area contributed by atoms with Gasteiger partial charge in [-0.2, -0.15) is 0 Å². The highest BCUT2D eigenvalue weighted by Gasteiger charge is 2.16. The highest BCUT2D eigenvalue weighted by Crippen LogP contribution is 2.30. The minimum absolute atomic E-state index is 0.529. The summed E-state index contributed by atoms with van der Waals surface area (Å²) in [6, 6.07) is 5.52. The lowest BCUT2D eigenvalue weighted by molar-refractivity contribution is 0.0491. The van der Waals surface area contributed by atoms with Gasteiger partial charge in [-0.15, -0.1) is 0 Å². The molecule has 0 aliphatic carbocycles. The smallest absolute Gasteiger partial charge is 0.128 e. The molecule has 0 amide bonds. The molecule has 0 aromatic heterocycles. The maximum Gasteiger partial charge on any atom is 0.128 e. The van der Waals surface area contributed by atoms with Crippen LogP contribution in [-0.4, -0.2) is 32.0 Å². The fourth-order valence-electron chi connectivity index (χ4n) is 2.23. The molecule has 0 spiro atoms. The summed E-state index contributed by atoms with van der Waals surface area (Å²) in [4.78, 5) is 0. The Morgan fingerprint density at radius 2 is 2.11 bits per heavy atom. The van der Waals surface area contributed by atoms with Crippen molar-refractivity contribution in [3.63, 3.8) is 0 Å². The van der Waals surface area contributed by atoms with E-state index in [4.69, 9.17) is 14.2 Å². The van der Waals surface area contributed by atoms with Gasteiger partial charge in [0.25, 0.3) is 0 Å². The van der Waals surface area contributed by atoms with Crippen LogP contribution in [0.3, 0.4) is 0 Å². The van der Waals surface area contributed by atoms with Gasteiger partial charge in [-0.1, -0.05) is 0 Å². The van der Waals surface area contributed by atoms with Gasteiger partial charge >= 0.3 is 0 Å². The highest BCUT2D eigenvalue weighted by atomic mass is 16.5. The highest BCUT2D eigenvalue weighted by molar-refractivity contribution is 5.41. The molecule has 2 rings (SSSR count). The van der Waals surface area contributed by atoms with Gasteiger partial charge < -0.3 is 19.3 Å². The molecule has 1 fully saturated rings. The van der Waals surface area contributed by atoms with E-state index in [0.717, 1.165) is 37.4 Å². The SMILES string of the molecule is COc1ccc(C(C)O)c(OCC2CCOCC2)c1. The number of hydrogen-bond donors (Lipinski definition) is 1. The number of ether oxygens (including phenoxy) is 3. The molecule has 1 saturated heterocycles. The van der Waals surface area contributed by atoms with Crippen molar-refractivity contribution in [3.8, 4) is 11.5 Å². The van der Waals surface area contributed by atoms with E-state index in [0.29, 0.717) is 18.3 Å². The molecule has 0 radical (unpaired) electrons. The van der Waals surface area contributed by atoms with Gasteiger partial charge in [0.2, 0.25) is 0 Å². The van der Waals surface area contributed by atoms with Crippen LogP contribution < -0.4 is 9.47 Å². The Kier molecular flexibility index (Phi) is 5.05. The molecular formula is C15H22O4. The molecule has 19 heavy (non-hydrogen) atoms. The normalized spacial score (nSPS) is 18.1. The summed E-state index contributed by atoms with van der Waals surface area (Å²) in [5, 5.41) is 9.76. The average Bonchev–Trinajstić information content (AvgIpc) is 2.45. The van der Waals surface area contributed by atoms with E-state index in [9.17, 15) is 5.11 Å². The van der Waals surface area contributed by atoms with E-state index >= 15 is 0 Å². The topological polar surface area (TPSA) is 47.9 Å². The van der Waals surface area contributed by atoms with E-state index in [1.165, 1.54) is 0 Å². The minimum Gasteiger partial charge on any atom is -0.497 e. The molecule has 1 aliphatic rings. The number of aliphatic hydroxyl groups excluding tert-OH is 1. The third-order valence-corrected chi connectivity index (χ3v) is 3.49. The van der Waals surface area contributed by atoms with Gasteiger partial charge in [0, 0.05) is 24.8 Å². The average molecular weight is 266 g/mol. The van der Waals surface area contributed by atoms with Gasteiger partial charge in [-0.25, -0.2) is 0 Å². The fourth-order valence-corrected chi connectivity index (χ4v) is 2.23. The van der Waals surface area contributed by atoms with Gasteiger partial charge in [-0.05, 0) is 37.8 Å². The third kappa shape index (κ3) is 3.85. The molecule has 106 valence electrons. The molecule has 0 bridgehead atoms. The van der Waals surface area contributed by atoms with Crippen LogP contribution in [0.15, 0.2) is 18.2 Å².